The van der Waals surface area contributed by atoms with Crippen LogP contribution in [0.5, 0.6) is 5.75 Å². The molecule has 8 rings (SSSR count). The Morgan fingerprint density at radius 2 is 1.32 bits per heavy atom. The maximum absolute atomic E-state index is 13.4. The number of aromatic amines is 1. The van der Waals surface area contributed by atoms with Gasteiger partial charge in [0.25, 0.3) is 11.5 Å². The molecule has 5 unspecified atom stereocenters. The molecule has 546 valence electrons. The van der Waals surface area contributed by atoms with E-state index < -0.39 is 135 Å². The third kappa shape index (κ3) is 23.6. The van der Waals surface area contributed by atoms with Crippen molar-refractivity contribution in [1.82, 2.24) is 29.7 Å². The van der Waals surface area contributed by atoms with E-state index in [2.05, 4.69) is 20.6 Å². The van der Waals surface area contributed by atoms with Crippen LogP contribution in [0.15, 0.2) is 105 Å². The number of ketones is 1. The number of carbonyl (C=O) groups is 4. The van der Waals surface area contributed by atoms with Crippen LogP contribution in [-0.2, 0) is 85.3 Å². The molecule has 4 heterocycles. The van der Waals surface area contributed by atoms with Crippen molar-refractivity contribution in [1.29, 1.82) is 0 Å². The number of nitrogens with two attached hydrogens (primary N) is 1. The summed E-state index contributed by atoms with van der Waals surface area (Å²) in [5.74, 6) is -2.53. The molecule has 2 saturated heterocycles. The van der Waals surface area contributed by atoms with Crippen LogP contribution in [0.1, 0.15) is 94.0 Å². The van der Waals surface area contributed by atoms with Gasteiger partial charge in [0.05, 0.1) is 110 Å². The number of ether oxygens (including phenoxy) is 6. The second-order valence-corrected chi connectivity index (χ2v) is 26.8. The average Bonchev–Trinajstić information content (AvgIpc) is 0.917. The molecule has 0 spiro atoms. The van der Waals surface area contributed by atoms with Gasteiger partial charge in [0.1, 0.15) is 42.3 Å². The lowest BCUT2D eigenvalue weighted by Gasteiger charge is -2.27. The summed E-state index contributed by atoms with van der Waals surface area (Å²) in [5, 5.41) is 45.2. The molecule has 9 atom stereocenters. The number of nitrogens with one attached hydrogen (secondary N) is 3. The molecule has 4 aliphatic rings. The van der Waals surface area contributed by atoms with Gasteiger partial charge in [0.15, 0.2) is 5.78 Å². The minimum absolute atomic E-state index is 0.000761. The topological polar surface area (TPSA) is 512 Å². The highest BCUT2D eigenvalue weighted by molar-refractivity contribution is 7.48. The Balaban J connectivity index is 0.766. The number of benzene rings is 2. The summed E-state index contributed by atoms with van der Waals surface area (Å²) in [6, 6.07) is 10.3. The molecule has 2 aliphatic carbocycles. The Labute approximate surface area is 569 Å². The van der Waals surface area contributed by atoms with Gasteiger partial charge in [0.2, 0.25) is 5.91 Å². The van der Waals surface area contributed by atoms with Gasteiger partial charge < -0.3 is 79.9 Å². The van der Waals surface area contributed by atoms with Gasteiger partial charge >= 0.3 is 40.8 Å². The van der Waals surface area contributed by atoms with Crippen molar-refractivity contribution < 1.29 is 124 Å². The monoisotopic (exact) mass is 1470 g/mol. The number of aliphatic hydroxyl groups excluding tert-OH is 2. The standard InChI is InChI=1S/C61H78N7O29P3/c62-52-13-16-67(60(78)65-52)54-33-48(72)50(95-54)36-93-98(80,81)90-26-24-88-21-22-89-25-28-92-100(84,85)97-49-34-55(96-51(49)37-94-99(82,83)91-27-23-87-20-19-86-18-17-69)68-35-39(58(75)66-61(68)79)6-12-53(73)63-14-3-1-2-4-15-64-57(74)38-5-9-46(59(76)77)47(32-38)56-44-10-7-42(70)30-40(44)29-41-31-43(71)8-11-45(41)56/h5-13,16,30-32,35,48-51,54-55,69-70,72H,1-4,14-15,17-29,33-34,36-37H2,(H,63,73)(H,64,74)(H,76,77)(H,80,81)(H,82,83)(H,84,85)(H2,62,65,78)(H,66,75,79)/b12-6+/t48?,49?,50-,51-,54-,55-/m1/s1. The molecule has 100 heavy (non-hydrogen) atoms. The fourth-order valence-electron chi connectivity index (χ4n) is 10.6. The fraction of sp³-hybridized carbons (Fsp3) is 0.475. The number of aliphatic hydroxyl groups is 2. The number of aromatic hydroxyl groups is 1. The van der Waals surface area contributed by atoms with E-state index in [4.69, 9.17) is 66.4 Å². The molecule has 12 N–H and O–H groups in total. The number of nitrogen functional groups attached to an aromatic ring is 1. The van der Waals surface area contributed by atoms with Crippen molar-refractivity contribution in [3.63, 3.8) is 0 Å². The van der Waals surface area contributed by atoms with Gasteiger partial charge in [-0.3, -0.25) is 60.4 Å². The number of H-pyrrole nitrogens is 1. The summed E-state index contributed by atoms with van der Waals surface area (Å²) in [7, 11) is -14.6. The number of carboxylic acid groups (broad SMARTS) is 1. The smallest absolute Gasteiger partial charge is 0.472 e. The van der Waals surface area contributed by atoms with E-state index in [1.807, 2.05) is 0 Å². The highest BCUT2D eigenvalue weighted by Gasteiger charge is 2.44. The SMILES string of the molecule is Nc1ccn([C@H]2CC(O)[C@@H](COP(=O)(O)OCCOCCOCCOP(=O)(O)OC3C[C@H](n4cc(/C=C/C(=O)NCCCCCCNC(=O)c5ccc(C(=O)O)c(C6=C7C=CC(=O)C=C7Cc7cc(O)ccc76)c5)c(=O)[nH]c4=O)O[C@@H]3COP(=O)(O)OCCOCCOCCO)O2)c(=O)n1. The molecular formula is C61H78N7O29P3. The number of anilines is 1. The second-order valence-electron chi connectivity index (χ2n) is 22.5. The average molecular weight is 1470 g/mol. The Morgan fingerprint density at radius 1 is 0.710 bits per heavy atom. The first-order chi connectivity index (χ1) is 47.8. The Bertz CT molecular complexity index is 4010. The number of hydrogen-bond acceptors (Lipinski definition) is 27. The van der Waals surface area contributed by atoms with Crippen molar-refractivity contribution in [3.8, 4) is 5.75 Å². The summed E-state index contributed by atoms with van der Waals surface area (Å²) >= 11 is 0. The number of aromatic carboxylic acids is 1. The second kappa shape index (κ2) is 37.5. The number of nitrogens with zero attached hydrogens (tertiary/aromatic N) is 3. The normalized spacial score (nSPS) is 20.7. The Morgan fingerprint density at radius 3 is 1.97 bits per heavy atom. The molecule has 2 fully saturated rings. The van der Waals surface area contributed by atoms with Crippen LogP contribution in [0.25, 0.3) is 11.6 Å². The quantitative estimate of drug-likeness (QED) is 0.0172. The van der Waals surface area contributed by atoms with Gasteiger partial charge in [-0.25, -0.2) is 28.1 Å². The van der Waals surface area contributed by atoms with Crippen LogP contribution in [0.3, 0.4) is 0 Å². The van der Waals surface area contributed by atoms with E-state index in [0.717, 1.165) is 27.5 Å². The van der Waals surface area contributed by atoms with E-state index in [0.29, 0.717) is 60.0 Å². The number of unbranched alkanes of at least 4 members (excludes halogenated alkanes) is 3. The number of rotatable bonds is 42. The van der Waals surface area contributed by atoms with Crippen LogP contribution < -0.4 is 33.3 Å². The minimum Gasteiger partial charge on any atom is -0.508 e. The minimum atomic E-state index is -5.04. The van der Waals surface area contributed by atoms with E-state index in [1.165, 1.54) is 48.7 Å². The van der Waals surface area contributed by atoms with Crippen LogP contribution in [-0.4, -0.2) is 208 Å². The van der Waals surface area contributed by atoms with Crippen molar-refractivity contribution >= 4 is 64.5 Å². The molecule has 4 aromatic rings. The zero-order chi connectivity index (χ0) is 72.0. The highest BCUT2D eigenvalue weighted by Crippen LogP contribution is 2.50. The molecule has 36 nitrogen and oxygen atoms in total. The van der Waals surface area contributed by atoms with E-state index in [9.17, 15) is 77.3 Å². The molecular weight excluding hydrogens is 1390 g/mol. The summed E-state index contributed by atoms with van der Waals surface area (Å²) in [6.07, 6.45) is 3.65. The van der Waals surface area contributed by atoms with Gasteiger partial charge in [-0.15, -0.1) is 0 Å². The zero-order valence-corrected chi connectivity index (χ0v) is 56.4. The number of carbonyl (C=O) groups excluding carboxylic acids is 3. The van der Waals surface area contributed by atoms with E-state index in [-0.39, 0.29) is 119 Å². The molecule has 2 aliphatic heterocycles. The van der Waals surface area contributed by atoms with Gasteiger partial charge in [-0.05, 0) is 107 Å². The van der Waals surface area contributed by atoms with Crippen LogP contribution in [0.4, 0.5) is 5.82 Å². The number of amides is 2. The van der Waals surface area contributed by atoms with Gasteiger partial charge in [-0.1, -0.05) is 25.0 Å². The zero-order valence-electron chi connectivity index (χ0n) is 53.7. The maximum Gasteiger partial charge on any atom is 0.472 e. The Kier molecular flexibility index (Phi) is 29.4. The number of phosphoric acid groups is 3. The number of phosphoric ester groups is 3. The number of aromatic nitrogens is 4. The lowest BCUT2D eigenvalue weighted by atomic mass is 9.76. The predicted octanol–water partition coefficient (Wildman–Crippen LogP) is 2.09. The molecule has 0 bridgehead atoms. The summed E-state index contributed by atoms with van der Waals surface area (Å²) in [4.78, 5) is 127. The number of fused-ring (bicyclic) bond motifs is 2. The number of hydrogen-bond donors (Lipinski definition) is 11. The molecule has 2 aromatic heterocycles. The van der Waals surface area contributed by atoms with Crippen LogP contribution >= 0.6 is 23.5 Å². The van der Waals surface area contributed by atoms with Gasteiger partial charge in [-0.2, -0.15) is 4.98 Å². The first-order valence-corrected chi connectivity index (χ1v) is 35.9. The maximum atomic E-state index is 13.4. The lowest BCUT2D eigenvalue weighted by molar-refractivity contribution is -0.116. The van der Waals surface area contributed by atoms with Crippen LogP contribution in [0.2, 0.25) is 0 Å². The molecule has 39 heteroatoms. The Hall–Kier alpha value is -7.35. The van der Waals surface area contributed by atoms with Crippen molar-refractivity contribution in [2.45, 2.75) is 81.8 Å². The summed E-state index contributed by atoms with van der Waals surface area (Å²) in [6.45, 7) is -3.11. The van der Waals surface area contributed by atoms with Crippen molar-refractivity contribution in [2.24, 2.45) is 0 Å². The van der Waals surface area contributed by atoms with E-state index in [1.54, 1.807) is 18.2 Å². The summed E-state index contributed by atoms with van der Waals surface area (Å²) < 4.78 is 104. The molecule has 2 aromatic carbocycles. The summed E-state index contributed by atoms with van der Waals surface area (Å²) in [5.41, 5.74) is 6.16. The molecule has 2 amide bonds. The highest BCUT2D eigenvalue weighted by atomic mass is 31.2. The molecule has 0 radical (unpaired) electrons. The first kappa shape index (κ1) is 78.4. The number of carboxylic acids is 1. The third-order valence-electron chi connectivity index (χ3n) is 15.3. The number of phenolic OH excluding ortho intramolecular Hbond substituents is 1. The van der Waals surface area contributed by atoms with Crippen LogP contribution in [0, 0.1) is 0 Å². The fourth-order valence-corrected chi connectivity index (χ4v) is 13.0. The van der Waals surface area contributed by atoms with Crippen molar-refractivity contribution in [3.05, 3.63) is 155 Å². The predicted molar refractivity (Wildman–Crippen MR) is 348 cm³/mol. The largest absolute Gasteiger partial charge is 0.508 e. The third-order valence-corrected chi connectivity index (χ3v) is 18.3. The lowest BCUT2D eigenvalue weighted by Crippen LogP contribution is -2.33. The molecule has 0 saturated carbocycles. The first-order valence-electron chi connectivity index (χ1n) is 31.4. The van der Waals surface area contributed by atoms with Crippen molar-refractivity contribution in [2.75, 3.05) is 111 Å². The number of phenols is 1. The van der Waals surface area contributed by atoms with Gasteiger partial charge in [0, 0.05) is 50.0 Å². The van der Waals surface area contributed by atoms with E-state index >= 15 is 0 Å². The number of allylic oxidation sites excluding steroid dienone is 5.